The number of unbranched alkanes of at least 4 members (excludes halogenated alkanes) is 4. The summed E-state index contributed by atoms with van der Waals surface area (Å²) in [6.45, 7) is 5.68. The highest BCUT2D eigenvalue weighted by molar-refractivity contribution is 5.78. The van der Waals surface area contributed by atoms with Gasteiger partial charge in [0.1, 0.15) is 5.78 Å². The third-order valence-electron chi connectivity index (χ3n) is 2.43. The summed E-state index contributed by atoms with van der Waals surface area (Å²) >= 11 is 0. The minimum absolute atomic E-state index is 0.364. The smallest absolute Gasteiger partial charge is 0.135 e. The molecule has 0 radical (unpaired) electrons. The molecule has 2 heteroatoms. The lowest BCUT2D eigenvalue weighted by atomic mass is 10.1. The first-order chi connectivity index (χ1) is 7.31. The van der Waals surface area contributed by atoms with Crippen molar-refractivity contribution in [2.45, 2.75) is 65.2 Å². The molecule has 0 aliphatic heterocycles. The second-order valence-corrected chi connectivity index (χ2v) is 4.07. The molecule has 0 aliphatic carbocycles. The second-order valence-electron chi connectivity index (χ2n) is 4.07. The first-order valence-electron chi connectivity index (χ1n) is 6.40. The largest absolute Gasteiger partial charge is 0.381 e. The molecule has 0 saturated carbocycles. The van der Waals surface area contributed by atoms with Crippen molar-refractivity contribution >= 4 is 5.78 Å². The van der Waals surface area contributed by atoms with Crippen molar-refractivity contribution in [3.05, 3.63) is 0 Å². The fourth-order valence-electron chi connectivity index (χ4n) is 1.48. The lowest BCUT2D eigenvalue weighted by Crippen LogP contribution is -2.04. The van der Waals surface area contributed by atoms with Crippen LogP contribution in [-0.4, -0.2) is 19.0 Å². The van der Waals surface area contributed by atoms with Gasteiger partial charge in [-0.15, -0.1) is 0 Å². The van der Waals surface area contributed by atoms with Crippen LogP contribution in [0.4, 0.5) is 0 Å². The van der Waals surface area contributed by atoms with Crippen LogP contribution in [0.5, 0.6) is 0 Å². The molecule has 2 nitrogen and oxygen atoms in total. The highest BCUT2D eigenvalue weighted by Gasteiger charge is 2.01. The number of Topliss-reactive ketones (excluding diaryl/α,β-unsaturated/α-hetero) is 1. The summed E-state index contributed by atoms with van der Waals surface area (Å²) < 4.78 is 5.28. The molecule has 90 valence electrons. The van der Waals surface area contributed by atoms with E-state index in [1.165, 1.54) is 25.7 Å². The Morgan fingerprint density at radius 1 is 0.867 bits per heavy atom. The summed E-state index contributed by atoms with van der Waals surface area (Å²) in [5.74, 6) is 0.364. The minimum atomic E-state index is 0.364. The summed E-state index contributed by atoms with van der Waals surface area (Å²) in [6, 6.07) is 0. The molecule has 0 heterocycles. The van der Waals surface area contributed by atoms with Crippen molar-refractivity contribution in [1.29, 1.82) is 0 Å². The van der Waals surface area contributed by atoms with E-state index < -0.39 is 0 Å². The van der Waals surface area contributed by atoms with Crippen molar-refractivity contribution in [2.24, 2.45) is 0 Å². The van der Waals surface area contributed by atoms with Crippen LogP contribution in [0.1, 0.15) is 65.2 Å². The van der Waals surface area contributed by atoms with Crippen LogP contribution >= 0.6 is 0 Å². The maximum absolute atomic E-state index is 11.4. The molecule has 15 heavy (non-hydrogen) atoms. The molecule has 0 aromatic carbocycles. The molecule has 0 aliphatic rings. The first-order valence-corrected chi connectivity index (χ1v) is 6.40. The van der Waals surface area contributed by atoms with E-state index in [0.717, 1.165) is 25.9 Å². The van der Waals surface area contributed by atoms with Crippen LogP contribution in [-0.2, 0) is 9.53 Å². The number of ether oxygens (including phenoxy) is 1. The van der Waals surface area contributed by atoms with Gasteiger partial charge in [0.15, 0.2) is 0 Å². The molecular weight excluding hydrogens is 188 g/mol. The number of hydrogen-bond donors (Lipinski definition) is 0. The van der Waals surface area contributed by atoms with Gasteiger partial charge < -0.3 is 4.74 Å². The van der Waals surface area contributed by atoms with Gasteiger partial charge in [0.05, 0.1) is 6.61 Å². The Bertz CT molecular complexity index is 143. The van der Waals surface area contributed by atoms with Crippen molar-refractivity contribution < 1.29 is 9.53 Å². The summed E-state index contributed by atoms with van der Waals surface area (Å²) in [5.41, 5.74) is 0. The highest BCUT2D eigenvalue weighted by atomic mass is 16.5. The van der Waals surface area contributed by atoms with Crippen molar-refractivity contribution in [1.82, 2.24) is 0 Å². The van der Waals surface area contributed by atoms with Crippen LogP contribution in [0.2, 0.25) is 0 Å². The van der Waals surface area contributed by atoms with Crippen LogP contribution in [0.15, 0.2) is 0 Å². The summed E-state index contributed by atoms with van der Waals surface area (Å²) in [4.78, 5) is 11.4. The van der Waals surface area contributed by atoms with Gasteiger partial charge in [0.25, 0.3) is 0 Å². The Morgan fingerprint density at radius 3 is 2.27 bits per heavy atom. The van der Waals surface area contributed by atoms with Gasteiger partial charge in [0, 0.05) is 19.4 Å². The van der Waals surface area contributed by atoms with Crippen molar-refractivity contribution in [3.8, 4) is 0 Å². The van der Waals surface area contributed by atoms with E-state index in [1.54, 1.807) is 0 Å². The quantitative estimate of drug-likeness (QED) is 0.490. The Kier molecular flexibility index (Phi) is 11.4. The predicted octanol–water partition coefficient (Wildman–Crippen LogP) is 3.73. The van der Waals surface area contributed by atoms with Crippen LogP contribution in [0.25, 0.3) is 0 Å². The van der Waals surface area contributed by atoms with Crippen molar-refractivity contribution in [2.75, 3.05) is 13.2 Å². The van der Waals surface area contributed by atoms with Crippen LogP contribution in [0, 0.1) is 0 Å². The lowest BCUT2D eigenvalue weighted by Gasteiger charge is -2.02. The first kappa shape index (κ1) is 14.6. The SMILES string of the molecule is CCCCCCCC(=O)CCOCCC. The molecule has 0 amide bonds. The molecular formula is C13H26O2. The van der Waals surface area contributed by atoms with Gasteiger partial charge in [-0.3, -0.25) is 4.79 Å². The van der Waals surface area contributed by atoms with E-state index in [0.29, 0.717) is 18.8 Å². The normalized spacial score (nSPS) is 10.5. The van der Waals surface area contributed by atoms with Crippen LogP contribution in [0.3, 0.4) is 0 Å². The van der Waals surface area contributed by atoms with E-state index in [1.807, 2.05) is 0 Å². The molecule has 0 fully saturated rings. The molecule has 0 rings (SSSR count). The zero-order valence-corrected chi connectivity index (χ0v) is 10.4. The summed E-state index contributed by atoms with van der Waals surface area (Å²) in [7, 11) is 0. The number of ketones is 1. The maximum Gasteiger partial charge on any atom is 0.135 e. The fourth-order valence-corrected chi connectivity index (χ4v) is 1.48. The Labute approximate surface area is 94.4 Å². The third-order valence-corrected chi connectivity index (χ3v) is 2.43. The van der Waals surface area contributed by atoms with E-state index in [9.17, 15) is 4.79 Å². The van der Waals surface area contributed by atoms with Gasteiger partial charge in [-0.05, 0) is 12.8 Å². The molecule has 0 atom stereocenters. The summed E-state index contributed by atoms with van der Waals surface area (Å²) in [6.07, 6.45) is 8.49. The monoisotopic (exact) mass is 214 g/mol. The lowest BCUT2D eigenvalue weighted by molar-refractivity contribution is -0.120. The topological polar surface area (TPSA) is 26.3 Å². The molecule has 0 N–H and O–H groups in total. The molecule has 0 bridgehead atoms. The van der Waals surface area contributed by atoms with Crippen molar-refractivity contribution in [3.63, 3.8) is 0 Å². The number of rotatable bonds is 11. The number of carbonyl (C=O) groups is 1. The third kappa shape index (κ3) is 11.6. The fraction of sp³-hybridized carbons (Fsp3) is 0.923. The second kappa shape index (κ2) is 11.7. The molecule has 0 unspecified atom stereocenters. The Balaban J connectivity index is 3.11. The van der Waals surface area contributed by atoms with Gasteiger partial charge in [0.2, 0.25) is 0 Å². The molecule has 0 saturated heterocycles. The van der Waals surface area contributed by atoms with Gasteiger partial charge in [-0.1, -0.05) is 39.5 Å². The van der Waals surface area contributed by atoms with Gasteiger partial charge >= 0.3 is 0 Å². The zero-order chi connectivity index (χ0) is 11.4. The number of hydrogen-bond acceptors (Lipinski definition) is 2. The molecule has 0 spiro atoms. The standard InChI is InChI=1S/C13H26O2/c1-3-5-6-7-8-9-13(14)10-12-15-11-4-2/h3-12H2,1-2H3. The maximum atomic E-state index is 11.4. The highest BCUT2D eigenvalue weighted by Crippen LogP contribution is 2.06. The van der Waals surface area contributed by atoms with E-state index in [-0.39, 0.29) is 0 Å². The van der Waals surface area contributed by atoms with E-state index in [2.05, 4.69) is 13.8 Å². The zero-order valence-electron chi connectivity index (χ0n) is 10.4. The Hall–Kier alpha value is -0.370. The average molecular weight is 214 g/mol. The average Bonchev–Trinajstić information content (AvgIpc) is 2.24. The molecule has 0 aromatic rings. The van der Waals surface area contributed by atoms with Gasteiger partial charge in [-0.2, -0.15) is 0 Å². The van der Waals surface area contributed by atoms with E-state index >= 15 is 0 Å². The Morgan fingerprint density at radius 2 is 1.60 bits per heavy atom. The number of carbonyl (C=O) groups excluding carboxylic acids is 1. The predicted molar refractivity (Wildman–Crippen MR) is 64.1 cm³/mol. The van der Waals surface area contributed by atoms with Crippen LogP contribution < -0.4 is 0 Å². The van der Waals surface area contributed by atoms with E-state index in [4.69, 9.17) is 4.74 Å². The summed E-state index contributed by atoms with van der Waals surface area (Å²) in [5, 5.41) is 0. The minimum Gasteiger partial charge on any atom is -0.381 e. The van der Waals surface area contributed by atoms with Gasteiger partial charge in [-0.25, -0.2) is 0 Å². The molecule has 0 aromatic heterocycles.